The number of nitrogens with zero attached hydrogens (tertiary/aromatic N) is 1. The minimum Gasteiger partial charge on any atom is -0.493 e. The number of aromatic nitrogens is 1. The molecule has 0 saturated heterocycles. The van der Waals surface area contributed by atoms with Crippen molar-refractivity contribution in [1.82, 2.24) is 10.3 Å². The van der Waals surface area contributed by atoms with Crippen LogP contribution in [0.25, 0.3) is 0 Å². The van der Waals surface area contributed by atoms with E-state index in [9.17, 15) is 4.79 Å². The van der Waals surface area contributed by atoms with Crippen LogP contribution in [0.2, 0.25) is 5.02 Å². The van der Waals surface area contributed by atoms with Gasteiger partial charge in [-0.15, -0.1) is 0 Å². The van der Waals surface area contributed by atoms with Crippen LogP contribution in [0.15, 0.2) is 36.5 Å². The van der Waals surface area contributed by atoms with Crippen LogP contribution in [0, 0.1) is 12.8 Å². The Morgan fingerprint density at radius 2 is 2.08 bits per heavy atom. The summed E-state index contributed by atoms with van der Waals surface area (Å²) in [5, 5.41) is 3.52. The minimum atomic E-state index is -0.138. The van der Waals surface area contributed by atoms with Crippen molar-refractivity contribution in [3.05, 3.63) is 58.4 Å². The highest BCUT2D eigenvalue weighted by molar-refractivity contribution is 6.30. The summed E-state index contributed by atoms with van der Waals surface area (Å²) in [5.74, 6) is 1.04. The fraction of sp³-hybridized carbons (Fsp3) is 0.368. The second kappa shape index (κ2) is 8.69. The third-order valence-electron chi connectivity index (χ3n) is 3.40. The van der Waals surface area contributed by atoms with Gasteiger partial charge >= 0.3 is 0 Å². The highest BCUT2D eigenvalue weighted by atomic mass is 35.5. The zero-order valence-corrected chi connectivity index (χ0v) is 15.1. The molecule has 5 heteroatoms. The Bertz CT molecular complexity index is 664. The highest BCUT2D eigenvalue weighted by Gasteiger charge is 2.07. The molecule has 4 nitrogen and oxygen atoms in total. The molecule has 24 heavy (non-hydrogen) atoms. The van der Waals surface area contributed by atoms with Gasteiger partial charge in [-0.1, -0.05) is 31.5 Å². The number of aryl methyl sites for hydroxylation is 1. The van der Waals surface area contributed by atoms with Crippen LogP contribution in [-0.2, 0) is 6.42 Å². The fourth-order valence-corrected chi connectivity index (χ4v) is 2.45. The molecule has 128 valence electrons. The second-order valence-corrected chi connectivity index (χ2v) is 6.65. The molecule has 1 heterocycles. The van der Waals surface area contributed by atoms with Crippen molar-refractivity contribution in [2.75, 3.05) is 13.2 Å². The zero-order valence-electron chi connectivity index (χ0n) is 14.3. The molecule has 0 aliphatic carbocycles. The lowest BCUT2D eigenvalue weighted by atomic mass is 10.2. The first kappa shape index (κ1) is 18.3. The predicted octanol–water partition coefficient (Wildman–Crippen LogP) is 4.05. The molecule has 0 saturated carbocycles. The van der Waals surface area contributed by atoms with E-state index in [1.165, 1.54) is 0 Å². The number of benzene rings is 1. The van der Waals surface area contributed by atoms with E-state index in [-0.39, 0.29) is 5.91 Å². The number of hydrogen-bond acceptors (Lipinski definition) is 3. The average molecular weight is 347 g/mol. The number of carbonyl (C=O) groups excluding carboxylic acids is 1. The van der Waals surface area contributed by atoms with Crippen LogP contribution in [0.1, 0.15) is 35.5 Å². The van der Waals surface area contributed by atoms with Gasteiger partial charge in [0.05, 0.1) is 6.61 Å². The Balaban J connectivity index is 1.84. The van der Waals surface area contributed by atoms with E-state index in [0.29, 0.717) is 36.2 Å². The summed E-state index contributed by atoms with van der Waals surface area (Å²) in [7, 11) is 0. The monoisotopic (exact) mass is 346 g/mol. The maximum absolute atomic E-state index is 11.9. The molecule has 2 rings (SSSR count). The summed E-state index contributed by atoms with van der Waals surface area (Å²) in [5.41, 5.74) is 2.52. The summed E-state index contributed by atoms with van der Waals surface area (Å²) in [6, 6.07) is 9.29. The summed E-state index contributed by atoms with van der Waals surface area (Å²) in [6.45, 7) is 7.26. The SMILES string of the molecule is Cc1cc(Cl)cc(OCCc2ccc(C(=O)NCC(C)C)nc2)c1. The van der Waals surface area contributed by atoms with Gasteiger partial charge in [-0.2, -0.15) is 0 Å². The Hall–Kier alpha value is -2.07. The number of ether oxygens (including phenoxy) is 1. The molecule has 0 fully saturated rings. The Kier molecular flexibility index (Phi) is 6.62. The summed E-state index contributed by atoms with van der Waals surface area (Å²) in [6.07, 6.45) is 2.43. The van der Waals surface area contributed by atoms with Gasteiger partial charge in [-0.25, -0.2) is 0 Å². The van der Waals surface area contributed by atoms with Crippen LogP contribution < -0.4 is 10.1 Å². The topological polar surface area (TPSA) is 51.2 Å². The third kappa shape index (κ3) is 5.85. The molecule has 0 aliphatic heterocycles. The fourth-order valence-electron chi connectivity index (χ4n) is 2.17. The first-order valence-electron chi connectivity index (χ1n) is 8.07. The Labute approximate surface area is 148 Å². The summed E-state index contributed by atoms with van der Waals surface area (Å²) in [4.78, 5) is 16.1. The Morgan fingerprint density at radius 3 is 2.71 bits per heavy atom. The van der Waals surface area contributed by atoms with Gasteiger partial charge in [0.1, 0.15) is 11.4 Å². The number of rotatable bonds is 7. The number of hydrogen-bond donors (Lipinski definition) is 1. The molecule has 1 amide bonds. The van der Waals surface area contributed by atoms with Crippen molar-refractivity contribution < 1.29 is 9.53 Å². The molecule has 1 aromatic heterocycles. The maximum Gasteiger partial charge on any atom is 0.269 e. The van der Waals surface area contributed by atoms with Crippen LogP contribution in [0.3, 0.4) is 0 Å². The lowest BCUT2D eigenvalue weighted by Crippen LogP contribution is -2.28. The van der Waals surface area contributed by atoms with E-state index in [2.05, 4.69) is 24.1 Å². The second-order valence-electron chi connectivity index (χ2n) is 6.22. The van der Waals surface area contributed by atoms with Crippen molar-refractivity contribution >= 4 is 17.5 Å². The van der Waals surface area contributed by atoms with Gasteiger partial charge < -0.3 is 10.1 Å². The van der Waals surface area contributed by atoms with Crippen molar-refractivity contribution in [2.24, 2.45) is 5.92 Å². The van der Waals surface area contributed by atoms with E-state index >= 15 is 0 Å². The molecule has 2 aromatic rings. The minimum absolute atomic E-state index is 0.138. The molecular formula is C19H23ClN2O2. The maximum atomic E-state index is 11.9. The number of carbonyl (C=O) groups is 1. The molecule has 0 spiro atoms. The van der Waals surface area contributed by atoms with Crippen molar-refractivity contribution in [2.45, 2.75) is 27.2 Å². The van der Waals surface area contributed by atoms with Gasteiger partial charge in [0, 0.05) is 24.2 Å². The molecule has 0 radical (unpaired) electrons. The zero-order chi connectivity index (χ0) is 17.5. The summed E-state index contributed by atoms with van der Waals surface area (Å²) >= 11 is 6.01. The van der Waals surface area contributed by atoms with Crippen LogP contribution >= 0.6 is 11.6 Å². The van der Waals surface area contributed by atoms with E-state index < -0.39 is 0 Å². The average Bonchev–Trinajstić information content (AvgIpc) is 2.52. The van der Waals surface area contributed by atoms with E-state index in [1.807, 2.05) is 25.1 Å². The van der Waals surface area contributed by atoms with E-state index in [1.54, 1.807) is 18.3 Å². The van der Waals surface area contributed by atoms with Crippen molar-refractivity contribution in [1.29, 1.82) is 0 Å². The number of halogens is 1. The molecule has 0 unspecified atom stereocenters. The normalized spacial score (nSPS) is 10.7. The number of pyridine rings is 1. The predicted molar refractivity (Wildman–Crippen MR) is 96.8 cm³/mol. The first-order valence-corrected chi connectivity index (χ1v) is 8.45. The molecule has 1 aromatic carbocycles. The highest BCUT2D eigenvalue weighted by Crippen LogP contribution is 2.20. The van der Waals surface area contributed by atoms with Crippen LogP contribution in [0.5, 0.6) is 5.75 Å². The lowest BCUT2D eigenvalue weighted by Gasteiger charge is -2.09. The molecule has 0 atom stereocenters. The third-order valence-corrected chi connectivity index (χ3v) is 3.62. The molecular weight excluding hydrogens is 324 g/mol. The van der Waals surface area contributed by atoms with E-state index in [0.717, 1.165) is 16.9 Å². The molecule has 1 N–H and O–H groups in total. The largest absolute Gasteiger partial charge is 0.493 e. The summed E-state index contributed by atoms with van der Waals surface area (Å²) < 4.78 is 5.72. The van der Waals surface area contributed by atoms with E-state index in [4.69, 9.17) is 16.3 Å². The van der Waals surface area contributed by atoms with Gasteiger partial charge in [0.2, 0.25) is 0 Å². The van der Waals surface area contributed by atoms with Crippen LogP contribution in [0.4, 0.5) is 0 Å². The van der Waals surface area contributed by atoms with Crippen LogP contribution in [-0.4, -0.2) is 24.0 Å². The van der Waals surface area contributed by atoms with Gasteiger partial charge in [-0.3, -0.25) is 9.78 Å². The van der Waals surface area contributed by atoms with Crippen molar-refractivity contribution in [3.8, 4) is 5.75 Å². The molecule has 0 aliphatic rings. The number of amides is 1. The lowest BCUT2D eigenvalue weighted by molar-refractivity contribution is 0.0944. The van der Waals surface area contributed by atoms with Gasteiger partial charge in [0.15, 0.2) is 0 Å². The molecule has 0 bridgehead atoms. The first-order chi connectivity index (χ1) is 11.4. The Morgan fingerprint density at radius 1 is 1.29 bits per heavy atom. The van der Waals surface area contributed by atoms with Crippen molar-refractivity contribution in [3.63, 3.8) is 0 Å². The smallest absolute Gasteiger partial charge is 0.269 e. The quantitative estimate of drug-likeness (QED) is 0.822. The number of nitrogens with one attached hydrogen (secondary N) is 1. The van der Waals surface area contributed by atoms with Gasteiger partial charge in [0.25, 0.3) is 5.91 Å². The van der Waals surface area contributed by atoms with Gasteiger partial charge in [-0.05, 0) is 48.2 Å². The standard InChI is InChI=1S/C19H23ClN2O2/c1-13(2)11-22-19(23)18-5-4-15(12-21-18)6-7-24-17-9-14(3)8-16(20)10-17/h4-5,8-10,12-13H,6-7,11H2,1-3H3,(H,22,23).